The summed E-state index contributed by atoms with van der Waals surface area (Å²) in [5, 5.41) is 8.66. The van der Waals surface area contributed by atoms with Crippen LogP contribution < -0.4 is 4.72 Å². The van der Waals surface area contributed by atoms with Crippen molar-refractivity contribution in [2.75, 3.05) is 6.61 Å². The largest absolute Gasteiger partial charge is 0.384 e. The van der Waals surface area contributed by atoms with Gasteiger partial charge in [0, 0.05) is 24.5 Å². The molecule has 0 bridgehead atoms. The Bertz CT molecular complexity index is 762. The van der Waals surface area contributed by atoms with Gasteiger partial charge in [0.15, 0.2) is 0 Å². The summed E-state index contributed by atoms with van der Waals surface area (Å²) in [6.07, 6.45) is 3.21. The van der Waals surface area contributed by atoms with Crippen LogP contribution in [0.25, 0.3) is 0 Å². The molecule has 1 aromatic heterocycles. The van der Waals surface area contributed by atoms with E-state index in [2.05, 4.69) is 21.5 Å². The molecule has 1 aromatic carbocycles. The molecule has 2 N–H and O–H groups in total. The smallest absolute Gasteiger partial charge is 0.240 e. The number of pyridine rings is 1. The molecule has 2 aromatic rings. The van der Waals surface area contributed by atoms with Crippen molar-refractivity contribution in [2.45, 2.75) is 11.4 Å². The maximum atomic E-state index is 12.2. The quantitative estimate of drug-likeness (QED) is 0.823. The zero-order valence-corrected chi connectivity index (χ0v) is 12.0. The Morgan fingerprint density at radius 1 is 1.19 bits per heavy atom. The van der Waals surface area contributed by atoms with Crippen molar-refractivity contribution in [1.29, 1.82) is 0 Å². The maximum Gasteiger partial charge on any atom is 0.240 e. The molecule has 0 fully saturated rings. The lowest BCUT2D eigenvalue weighted by molar-refractivity contribution is 0.350. The number of aliphatic hydroxyl groups is 1. The highest BCUT2D eigenvalue weighted by atomic mass is 32.2. The fourth-order valence-corrected chi connectivity index (χ4v) is 2.71. The lowest BCUT2D eigenvalue weighted by atomic mass is 10.2. The molecule has 0 atom stereocenters. The topological polar surface area (TPSA) is 79.3 Å². The maximum absolute atomic E-state index is 12.2. The minimum Gasteiger partial charge on any atom is -0.384 e. The molecule has 0 unspecified atom stereocenters. The van der Waals surface area contributed by atoms with E-state index < -0.39 is 10.0 Å². The summed E-state index contributed by atoms with van der Waals surface area (Å²) in [5.41, 5.74) is 1.36. The molecule has 5 nitrogen and oxygen atoms in total. The molecule has 0 aliphatic heterocycles. The molecular weight excluding hydrogens is 288 g/mol. The third-order valence-electron chi connectivity index (χ3n) is 2.67. The Morgan fingerprint density at radius 2 is 1.95 bits per heavy atom. The first-order valence-corrected chi connectivity index (χ1v) is 7.68. The van der Waals surface area contributed by atoms with E-state index in [1.165, 1.54) is 12.1 Å². The lowest BCUT2D eigenvalue weighted by Crippen LogP contribution is -2.23. The first-order valence-electron chi connectivity index (χ1n) is 6.20. The number of aliphatic hydroxyl groups excluding tert-OH is 1. The van der Waals surface area contributed by atoms with Crippen LogP contribution in [-0.2, 0) is 16.6 Å². The van der Waals surface area contributed by atoms with Crippen LogP contribution in [0, 0.1) is 11.8 Å². The van der Waals surface area contributed by atoms with Gasteiger partial charge in [0.25, 0.3) is 0 Å². The lowest BCUT2D eigenvalue weighted by Gasteiger charge is -2.07. The van der Waals surface area contributed by atoms with Gasteiger partial charge in [-0.1, -0.05) is 17.9 Å². The number of hydrogen-bond acceptors (Lipinski definition) is 4. The van der Waals surface area contributed by atoms with E-state index in [1.807, 2.05) is 0 Å². The summed E-state index contributed by atoms with van der Waals surface area (Å²) < 4.78 is 26.9. The minimum atomic E-state index is -3.61. The fourth-order valence-electron chi connectivity index (χ4n) is 1.64. The van der Waals surface area contributed by atoms with E-state index in [1.54, 1.807) is 36.7 Å². The predicted octanol–water partition coefficient (Wildman–Crippen LogP) is 0.904. The van der Waals surface area contributed by atoms with Crippen molar-refractivity contribution in [3.8, 4) is 11.8 Å². The molecule has 0 saturated carbocycles. The Kier molecular flexibility index (Phi) is 5.06. The molecular formula is C15H14N2O3S. The number of rotatable bonds is 4. The van der Waals surface area contributed by atoms with Crippen LogP contribution in [-0.4, -0.2) is 25.1 Å². The number of benzene rings is 1. The van der Waals surface area contributed by atoms with Gasteiger partial charge >= 0.3 is 0 Å². The third kappa shape index (κ3) is 4.39. The predicted molar refractivity (Wildman–Crippen MR) is 78.7 cm³/mol. The highest BCUT2D eigenvalue weighted by molar-refractivity contribution is 7.89. The molecule has 0 saturated heterocycles. The molecule has 2 rings (SSSR count). The molecule has 21 heavy (non-hydrogen) atoms. The van der Waals surface area contributed by atoms with Gasteiger partial charge in [-0.05, 0) is 35.9 Å². The molecule has 0 aliphatic carbocycles. The fraction of sp³-hybridized carbons (Fsp3) is 0.133. The SMILES string of the molecule is O=S(=O)(NCc1ccncc1)c1cccc(C#CCO)c1. The number of nitrogens with one attached hydrogen (secondary N) is 1. The second kappa shape index (κ2) is 6.99. The number of hydrogen-bond donors (Lipinski definition) is 2. The number of aromatic nitrogens is 1. The summed E-state index contributed by atoms with van der Waals surface area (Å²) in [5.74, 6) is 5.16. The molecule has 0 spiro atoms. The Morgan fingerprint density at radius 3 is 2.67 bits per heavy atom. The van der Waals surface area contributed by atoms with Crippen LogP contribution in [0.1, 0.15) is 11.1 Å². The molecule has 0 radical (unpaired) electrons. The van der Waals surface area contributed by atoms with Crippen LogP contribution >= 0.6 is 0 Å². The summed E-state index contributed by atoms with van der Waals surface area (Å²) >= 11 is 0. The van der Waals surface area contributed by atoms with Crippen LogP contribution in [0.3, 0.4) is 0 Å². The first-order chi connectivity index (χ1) is 10.1. The van der Waals surface area contributed by atoms with E-state index >= 15 is 0 Å². The number of sulfonamides is 1. The van der Waals surface area contributed by atoms with Gasteiger partial charge in [0.2, 0.25) is 10.0 Å². The van der Waals surface area contributed by atoms with Gasteiger partial charge in [0.1, 0.15) is 6.61 Å². The van der Waals surface area contributed by atoms with Crippen molar-refractivity contribution in [3.63, 3.8) is 0 Å². The van der Waals surface area contributed by atoms with Gasteiger partial charge < -0.3 is 5.11 Å². The second-order valence-electron chi connectivity index (χ2n) is 4.17. The Labute approximate surface area is 123 Å². The van der Waals surface area contributed by atoms with Crippen LogP contribution in [0.15, 0.2) is 53.7 Å². The summed E-state index contributed by atoms with van der Waals surface area (Å²) in [4.78, 5) is 4.02. The summed E-state index contributed by atoms with van der Waals surface area (Å²) in [6.45, 7) is -0.0747. The average molecular weight is 302 g/mol. The van der Waals surface area contributed by atoms with E-state index in [0.29, 0.717) is 5.56 Å². The zero-order chi connectivity index (χ0) is 15.1. The van der Waals surface area contributed by atoms with E-state index in [4.69, 9.17) is 5.11 Å². The van der Waals surface area contributed by atoms with Gasteiger partial charge in [-0.25, -0.2) is 13.1 Å². The first kappa shape index (κ1) is 15.2. The summed E-state index contributed by atoms with van der Waals surface area (Å²) in [6, 6.07) is 9.75. The van der Waals surface area contributed by atoms with Crippen LogP contribution in [0.5, 0.6) is 0 Å². The van der Waals surface area contributed by atoms with E-state index in [-0.39, 0.29) is 18.0 Å². The van der Waals surface area contributed by atoms with Gasteiger partial charge in [0.05, 0.1) is 4.90 Å². The number of nitrogens with zero attached hydrogens (tertiary/aromatic N) is 1. The van der Waals surface area contributed by atoms with Crippen molar-refractivity contribution >= 4 is 10.0 Å². The van der Waals surface area contributed by atoms with Crippen molar-refractivity contribution in [3.05, 3.63) is 59.9 Å². The van der Waals surface area contributed by atoms with Gasteiger partial charge in [-0.3, -0.25) is 4.98 Å². The van der Waals surface area contributed by atoms with Crippen LogP contribution in [0.2, 0.25) is 0 Å². The minimum absolute atomic E-state index is 0.140. The second-order valence-corrected chi connectivity index (χ2v) is 5.93. The van der Waals surface area contributed by atoms with Crippen molar-refractivity contribution in [2.24, 2.45) is 0 Å². The van der Waals surface area contributed by atoms with Crippen molar-refractivity contribution in [1.82, 2.24) is 9.71 Å². The van der Waals surface area contributed by atoms with Crippen LogP contribution in [0.4, 0.5) is 0 Å². The van der Waals surface area contributed by atoms with Crippen molar-refractivity contribution < 1.29 is 13.5 Å². The standard InChI is InChI=1S/C15H14N2O3S/c18-10-2-4-13-3-1-5-15(11-13)21(19,20)17-12-14-6-8-16-9-7-14/h1,3,5-9,11,17-18H,10,12H2. The normalized spacial score (nSPS) is 10.7. The average Bonchev–Trinajstić information content (AvgIpc) is 2.52. The summed E-state index contributed by atoms with van der Waals surface area (Å²) in [7, 11) is -3.61. The van der Waals surface area contributed by atoms with Gasteiger partial charge in [-0.2, -0.15) is 0 Å². The zero-order valence-electron chi connectivity index (χ0n) is 11.2. The molecule has 1 heterocycles. The molecule has 108 valence electrons. The van der Waals surface area contributed by atoms with E-state index in [9.17, 15) is 8.42 Å². The molecule has 6 heteroatoms. The Hall–Kier alpha value is -2.20. The monoisotopic (exact) mass is 302 g/mol. The Balaban J connectivity index is 2.16. The molecule has 0 aliphatic rings. The molecule has 0 amide bonds. The third-order valence-corrected chi connectivity index (χ3v) is 4.07. The highest BCUT2D eigenvalue weighted by Crippen LogP contribution is 2.11. The van der Waals surface area contributed by atoms with Gasteiger partial charge in [-0.15, -0.1) is 0 Å². The van der Waals surface area contributed by atoms with E-state index in [0.717, 1.165) is 5.56 Å². The highest BCUT2D eigenvalue weighted by Gasteiger charge is 2.13.